The van der Waals surface area contributed by atoms with Crippen molar-refractivity contribution in [3.63, 3.8) is 0 Å². The highest BCUT2D eigenvalue weighted by Gasteiger charge is 2.45. The molecule has 1 N–H and O–H groups in total. The first-order valence-corrected chi connectivity index (χ1v) is 10.9. The van der Waals surface area contributed by atoms with Gasteiger partial charge in [0.15, 0.2) is 17.3 Å². The van der Waals surface area contributed by atoms with Crippen LogP contribution < -0.4 is 14.8 Å². The monoisotopic (exact) mass is 430 g/mol. The van der Waals surface area contributed by atoms with Gasteiger partial charge in [-0.2, -0.15) is 0 Å². The summed E-state index contributed by atoms with van der Waals surface area (Å²) >= 11 is 0. The van der Waals surface area contributed by atoms with Crippen molar-refractivity contribution in [2.75, 3.05) is 12.1 Å². The second-order valence-corrected chi connectivity index (χ2v) is 9.48. The molecule has 2 aromatic rings. The van der Waals surface area contributed by atoms with Crippen LogP contribution in [0.5, 0.6) is 11.5 Å². The molecule has 2 heterocycles. The summed E-state index contributed by atoms with van der Waals surface area (Å²) in [6, 6.07) is 15.0. The number of aliphatic imine (C=N–C) groups is 1. The summed E-state index contributed by atoms with van der Waals surface area (Å²) in [4.78, 5) is 31.7. The maximum Gasteiger partial charge on any atom is 0.234 e. The standard InChI is InChI=1S/C26H26N2O4/c1-15-22(25(30)28-17-7-5-4-6-8-17)23(16-9-10-20-21(11-16)32-14-31-20)24-18(27-15)12-26(2,3)13-19(24)29/h4-11,22-23H,12-14H2,1-3H3,(H,28,30). The zero-order chi connectivity index (χ0) is 22.5. The molecule has 0 bridgehead atoms. The van der Waals surface area contributed by atoms with E-state index in [1.165, 1.54) is 0 Å². The molecule has 0 saturated carbocycles. The summed E-state index contributed by atoms with van der Waals surface area (Å²) in [7, 11) is 0. The molecule has 1 amide bonds. The number of fused-ring (bicyclic) bond motifs is 1. The number of anilines is 1. The first-order valence-electron chi connectivity index (χ1n) is 10.9. The number of ketones is 1. The predicted molar refractivity (Wildman–Crippen MR) is 122 cm³/mol. The number of hydrogen-bond acceptors (Lipinski definition) is 5. The smallest absolute Gasteiger partial charge is 0.234 e. The van der Waals surface area contributed by atoms with E-state index in [4.69, 9.17) is 14.5 Å². The van der Waals surface area contributed by atoms with Crippen molar-refractivity contribution < 1.29 is 19.1 Å². The second-order valence-electron chi connectivity index (χ2n) is 9.48. The second kappa shape index (κ2) is 7.62. The highest BCUT2D eigenvalue weighted by molar-refractivity contribution is 6.13. The van der Waals surface area contributed by atoms with Crippen molar-refractivity contribution in [2.24, 2.45) is 16.3 Å². The van der Waals surface area contributed by atoms with Gasteiger partial charge in [0, 0.05) is 35.0 Å². The number of carbonyl (C=O) groups excluding carboxylic acids is 2. The first-order chi connectivity index (χ1) is 15.3. The topological polar surface area (TPSA) is 77.0 Å². The van der Waals surface area contributed by atoms with Gasteiger partial charge in [0.2, 0.25) is 12.7 Å². The largest absolute Gasteiger partial charge is 0.454 e. The maximum atomic E-state index is 13.5. The molecule has 3 aliphatic rings. The summed E-state index contributed by atoms with van der Waals surface area (Å²) in [5, 5.41) is 3.01. The Morgan fingerprint density at radius 3 is 2.59 bits per heavy atom. The van der Waals surface area contributed by atoms with Crippen molar-refractivity contribution in [1.29, 1.82) is 0 Å². The minimum absolute atomic E-state index is 0.0627. The molecule has 5 rings (SSSR count). The van der Waals surface area contributed by atoms with Gasteiger partial charge in [-0.25, -0.2) is 0 Å². The molecule has 6 nitrogen and oxygen atoms in total. The van der Waals surface area contributed by atoms with Crippen molar-refractivity contribution in [2.45, 2.75) is 39.5 Å². The molecule has 0 saturated heterocycles. The number of amides is 1. The Bertz CT molecular complexity index is 1160. The Hall–Kier alpha value is -3.41. The first kappa shape index (κ1) is 20.5. The van der Waals surface area contributed by atoms with E-state index in [9.17, 15) is 9.59 Å². The number of hydrogen-bond donors (Lipinski definition) is 1. The van der Waals surface area contributed by atoms with Gasteiger partial charge in [-0.3, -0.25) is 14.6 Å². The molecule has 2 atom stereocenters. The number of carbonyl (C=O) groups is 2. The third-order valence-corrected chi connectivity index (χ3v) is 6.38. The number of allylic oxidation sites excluding steroid dienone is 2. The summed E-state index contributed by atoms with van der Waals surface area (Å²) in [5.41, 5.74) is 3.59. The van der Waals surface area contributed by atoms with E-state index in [1.807, 2.05) is 55.5 Å². The average Bonchev–Trinajstić information content (AvgIpc) is 3.20. The van der Waals surface area contributed by atoms with Gasteiger partial charge < -0.3 is 14.8 Å². The zero-order valence-electron chi connectivity index (χ0n) is 18.5. The molecule has 1 aliphatic carbocycles. The number of para-hydroxylation sites is 1. The Morgan fingerprint density at radius 2 is 1.81 bits per heavy atom. The van der Waals surface area contributed by atoms with Gasteiger partial charge >= 0.3 is 0 Å². The third kappa shape index (κ3) is 3.60. The Labute approximate surface area is 187 Å². The molecule has 0 fully saturated rings. The lowest BCUT2D eigenvalue weighted by atomic mass is 9.66. The number of Topliss-reactive ketones (excluding diaryl/α,β-unsaturated/α-hetero) is 1. The van der Waals surface area contributed by atoms with Gasteiger partial charge in [0.1, 0.15) is 0 Å². The van der Waals surface area contributed by atoms with Gasteiger partial charge in [0.25, 0.3) is 0 Å². The highest BCUT2D eigenvalue weighted by Crippen LogP contribution is 2.49. The van der Waals surface area contributed by atoms with Crippen LogP contribution in [0, 0.1) is 11.3 Å². The fourth-order valence-electron chi connectivity index (χ4n) is 4.99. The molecule has 0 radical (unpaired) electrons. The van der Waals surface area contributed by atoms with E-state index in [1.54, 1.807) is 0 Å². The van der Waals surface area contributed by atoms with Crippen LogP contribution in [-0.4, -0.2) is 24.2 Å². The van der Waals surface area contributed by atoms with Crippen molar-refractivity contribution in [3.8, 4) is 11.5 Å². The minimum atomic E-state index is -0.598. The number of benzene rings is 2. The molecule has 2 aromatic carbocycles. The van der Waals surface area contributed by atoms with E-state index >= 15 is 0 Å². The Morgan fingerprint density at radius 1 is 1.06 bits per heavy atom. The van der Waals surface area contributed by atoms with E-state index in [0.29, 0.717) is 41.3 Å². The van der Waals surface area contributed by atoms with Crippen LogP contribution in [0.25, 0.3) is 0 Å². The fraction of sp³-hybridized carbons (Fsp3) is 0.346. The molecule has 0 aromatic heterocycles. The van der Waals surface area contributed by atoms with Gasteiger partial charge in [-0.1, -0.05) is 38.1 Å². The Kier molecular flexibility index (Phi) is 4.88. The molecule has 6 heteroatoms. The maximum absolute atomic E-state index is 13.5. The molecule has 164 valence electrons. The minimum Gasteiger partial charge on any atom is -0.454 e. The van der Waals surface area contributed by atoms with E-state index in [-0.39, 0.29) is 23.9 Å². The molecule has 32 heavy (non-hydrogen) atoms. The van der Waals surface area contributed by atoms with Crippen LogP contribution in [0.3, 0.4) is 0 Å². The lowest BCUT2D eigenvalue weighted by Crippen LogP contribution is -2.41. The summed E-state index contributed by atoms with van der Waals surface area (Å²) < 4.78 is 11.1. The van der Waals surface area contributed by atoms with Crippen molar-refractivity contribution >= 4 is 23.1 Å². The van der Waals surface area contributed by atoms with Crippen LogP contribution >= 0.6 is 0 Å². The van der Waals surface area contributed by atoms with Gasteiger partial charge in [0.05, 0.1) is 5.92 Å². The zero-order valence-corrected chi connectivity index (χ0v) is 18.5. The molecular weight excluding hydrogens is 404 g/mol. The number of ether oxygens (including phenoxy) is 2. The summed E-state index contributed by atoms with van der Waals surface area (Å²) in [5.74, 6) is 0.168. The van der Waals surface area contributed by atoms with E-state index in [2.05, 4.69) is 19.2 Å². The normalized spacial score (nSPS) is 23.5. The van der Waals surface area contributed by atoms with E-state index in [0.717, 1.165) is 11.3 Å². The number of nitrogens with zero attached hydrogens (tertiary/aromatic N) is 1. The predicted octanol–water partition coefficient (Wildman–Crippen LogP) is 4.87. The van der Waals surface area contributed by atoms with Crippen LogP contribution in [0.4, 0.5) is 5.69 Å². The SMILES string of the molecule is CC1=NC2=C(C(=O)CC(C)(C)C2)C(c2ccc3c(c2)OCO3)C1C(=O)Nc1ccccc1. The lowest BCUT2D eigenvalue weighted by Gasteiger charge is -2.39. The molecular formula is C26H26N2O4. The van der Waals surface area contributed by atoms with Gasteiger partial charge in [-0.15, -0.1) is 0 Å². The van der Waals surface area contributed by atoms with E-state index < -0.39 is 11.8 Å². The van der Waals surface area contributed by atoms with Crippen LogP contribution in [-0.2, 0) is 9.59 Å². The third-order valence-electron chi connectivity index (χ3n) is 6.38. The van der Waals surface area contributed by atoms with Crippen LogP contribution in [0.2, 0.25) is 0 Å². The molecule has 0 spiro atoms. The van der Waals surface area contributed by atoms with Gasteiger partial charge in [-0.05, 0) is 48.6 Å². The highest BCUT2D eigenvalue weighted by atomic mass is 16.7. The van der Waals surface area contributed by atoms with Crippen LogP contribution in [0.1, 0.15) is 45.1 Å². The average molecular weight is 431 g/mol. The molecule has 2 aliphatic heterocycles. The lowest BCUT2D eigenvalue weighted by molar-refractivity contribution is -0.119. The number of nitrogens with one attached hydrogen (secondary N) is 1. The summed E-state index contributed by atoms with van der Waals surface area (Å²) in [6.45, 7) is 6.22. The molecule has 2 unspecified atom stereocenters. The number of rotatable bonds is 3. The quantitative estimate of drug-likeness (QED) is 0.754. The van der Waals surface area contributed by atoms with Crippen LogP contribution in [0.15, 0.2) is 64.8 Å². The fourth-order valence-corrected chi connectivity index (χ4v) is 4.99. The van der Waals surface area contributed by atoms with Crippen molar-refractivity contribution in [1.82, 2.24) is 0 Å². The van der Waals surface area contributed by atoms with Crippen molar-refractivity contribution in [3.05, 3.63) is 65.4 Å². The summed E-state index contributed by atoms with van der Waals surface area (Å²) in [6.07, 6.45) is 1.15. The Balaban J connectivity index is 1.61.